The van der Waals surface area contributed by atoms with E-state index >= 15 is 0 Å². The molecule has 0 aromatic heterocycles. The lowest BCUT2D eigenvalue weighted by Gasteiger charge is -2.33. The van der Waals surface area contributed by atoms with Crippen molar-refractivity contribution in [2.24, 2.45) is 11.7 Å². The molecular weight excluding hydrogens is 349 g/mol. The first-order valence-electron chi connectivity index (χ1n) is 8.12. The third kappa shape index (κ3) is 7.99. The number of amides is 1. The second-order valence-electron chi connectivity index (χ2n) is 6.15. The van der Waals surface area contributed by atoms with E-state index in [0.29, 0.717) is 19.0 Å². The number of nitrogens with one attached hydrogen (secondary N) is 1. The Morgan fingerprint density at radius 2 is 1.88 bits per heavy atom. The van der Waals surface area contributed by atoms with Crippen LogP contribution in [0.25, 0.3) is 0 Å². The number of hydrogen-bond donors (Lipinski definition) is 2. The van der Waals surface area contributed by atoms with Gasteiger partial charge in [-0.1, -0.05) is 26.0 Å². The molecule has 1 aliphatic rings. The molecule has 5 nitrogen and oxygen atoms in total. The van der Waals surface area contributed by atoms with Gasteiger partial charge in [-0.25, -0.2) is 0 Å². The van der Waals surface area contributed by atoms with Gasteiger partial charge in [-0.3, -0.25) is 9.69 Å². The molecule has 0 aromatic rings. The van der Waals surface area contributed by atoms with Crippen LogP contribution in [-0.2, 0) is 9.53 Å². The molecule has 0 saturated carbocycles. The highest BCUT2D eigenvalue weighted by Gasteiger charge is 2.30. The molecule has 1 heterocycles. The minimum atomic E-state index is -0.353. The van der Waals surface area contributed by atoms with Gasteiger partial charge in [-0.15, -0.1) is 38.0 Å². The van der Waals surface area contributed by atoms with Gasteiger partial charge in [0.15, 0.2) is 0 Å². The van der Waals surface area contributed by atoms with E-state index in [2.05, 4.69) is 37.2 Å². The highest BCUT2D eigenvalue weighted by atomic mass is 35.5. The predicted molar refractivity (Wildman–Crippen MR) is 105 cm³/mol. The molecule has 1 aliphatic heterocycles. The van der Waals surface area contributed by atoms with Gasteiger partial charge in [0.25, 0.3) is 0 Å². The Morgan fingerprint density at radius 1 is 1.29 bits per heavy atom. The minimum absolute atomic E-state index is 0. The summed E-state index contributed by atoms with van der Waals surface area (Å²) in [6.07, 6.45) is 5.05. The molecule has 24 heavy (non-hydrogen) atoms. The van der Waals surface area contributed by atoms with Crippen LogP contribution in [0.15, 0.2) is 25.3 Å². The molecule has 1 saturated heterocycles. The van der Waals surface area contributed by atoms with E-state index in [9.17, 15) is 4.79 Å². The molecule has 142 valence electrons. The van der Waals surface area contributed by atoms with Crippen molar-refractivity contribution in [3.05, 3.63) is 25.3 Å². The molecule has 0 aromatic carbocycles. The number of hydrogen-bond acceptors (Lipinski definition) is 4. The van der Waals surface area contributed by atoms with Crippen LogP contribution in [-0.4, -0.2) is 55.2 Å². The number of carbonyl (C=O) groups is 1. The third-order valence-electron chi connectivity index (χ3n) is 4.11. The smallest absolute Gasteiger partial charge is 0.249 e. The summed E-state index contributed by atoms with van der Waals surface area (Å²) >= 11 is 0. The Kier molecular flexibility index (Phi) is 14.6. The van der Waals surface area contributed by atoms with Crippen LogP contribution in [0.3, 0.4) is 0 Å². The Labute approximate surface area is 158 Å². The normalized spacial score (nSPS) is 20.9. The average molecular weight is 382 g/mol. The topological polar surface area (TPSA) is 67.6 Å². The van der Waals surface area contributed by atoms with E-state index in [0.717, 1.165) is 25.9 Å². The second kappa shape index (κ2) is 13.7. The summed E-state index contributed by atoms with van der Waals surface area (Å²) in [4.78, 5) is 14.5. The summed E-state index contributed by atoms with van der Waals surface area (Å²) in [6.45, 7) is 14.6. The fraction of sp³-hybridized carbons (Fsp3) is 0.706. The van der Waals surface area contributed by atoms with Gasteiger partial charge < -0.3 is 15.8 Å². The van der Waals surface area contributed by atoms with Crippen LogP contribution >= 0.6 is 24.8 Å². The van der Waals surface area contributed by atoms with Crippen LogP contribution in [0.4, 0.5) is 0 Å². The molecule has 3 N–H and O–H groups in total. The zero-order chi connectivity index (χ0) is 16.5. The maximum Gasteiger partial charge on any atom is 0.249 e. The largest absolute Gasteiger partial charge is 0.364 e. The highest BCUT2D eigenvalue weighted by Crippen LogP contribution is 2.19. The maximum atomic E-state index is 12.2. The van der Waals surface area contributed by atoms with E-state index in [1.165, 1.54) is 0 Å². The predicted octanol–water partition coefficient (Wildman–Crippen LogP) is 2.15. The molecular formula is C17H33Cl2N3O2. The van der Waals surface area contributed by atoms with Gasteiger partial charge in [0.1, 0.15) is 6.10 Å². The Morgan fingerprint density at radius 3 is 2.29 bits per heavy atom. The van der Waals surface area contributed by atoms with Crippen molar-refractivity contribution < 1.29 is 9.53 Å². The first-order chi connectivity index (χ1) is 10.5. The van der Waals surface area contributed by atoms with E-state index < -0.39 is 0 Å². The summed E-state index contributed by atoms with van der Waals surface area (Å²) < 4.78 is 5.64. The van der Waals surface area contributed by atoms with Gasteiger partial charge in [-0.05, 0) is 18.8 Å². The van der Waals surface area contributed by atoms with E-state index in [-0.39, 0.29) is 49.0 Å². The van der Waals surface area contributed by atoms with Crippen LogP contribution in [0.2, 0.25) is 0 Å². The summed E-state index contributed by atoms with van der Waals surface area (Å²) in [5, 5.41) is 3.03. The molecule has 1 amide bonds. The van der Waals surface area contributed by atoms with Crippen molar-refractivity contribution in [1.82, 2.24) is 10.2 Å². The fourth-order valence-corrected chi connectivity index (χ4v) is 2.85. The van der Waals surface area contributed by atoms with Crippen molar-refractivity contribution in [1.29, 1.82) is 0 Å². The van der Waals surface area contributed by atoms with Crippen LogP contribution in [0.1, 0.15) is 26.7 Å². The molecule has 3 atom stereocenters. The van der Waals surface area contributed by atoms with Crippen molar-refractivity contribution in [3.63, 3.8) is 0 Å². The molecule has 7 heteroatoms. The average Bonchev–Trinajstić information content (AvgIpc) is 2.96. The molecule has 1 rings (SSSR count). The summed E-state index contributed by atoms with van der Waals surface area (Å²) in [6, 6.07) is 0.242. The van der Waals surface area contributed by atoms with E-state index in [4.69, 9.17) is 10.5 Å². The SMILES string of the molecule is C=CCN(CC=C)C(CNC(=O)[C@@H]1CC[C@H](CN)O1)C(C)C.Cl.Cl. The zero-order valence-corrected chi connectivity index (χ0v) is 16.4. The lowest BCUT2D eigenvalue weighted by molar-refractivity contribution is -0.132. The molecule has 1 fully saturated rings. The lowest BCUT2D eigenvalue weighted by atomic mass is 10.0. The van der Waals surface area contributed by atoms with Gasteiger partial charge in [0.05, 0.1) is 6.10 Å². The highest BCUT2D eigenvalue weighted by molar-refractivity contribution is 5.85. The monoisotopic (exact) mass is 381 g/mol. The van der Waals surface area contributed by atoms with Crippen LogP contribution in [0, 0.1) is 5.92 Å². The van der Waals surface area contributed by atoms with Gasteiger partial charge in [0, 0.05) is 32.2 Å². The zero-order valence-electron chi connectivity index (χ0n) is 14.8. The van der Waals surface area contributed by atoms with Crippen molar-refractivity contribution in [2.45, 2.75) is 44.9 Å². The third-order valence-corrected chi connectivity index (χ3v) is 4.11. The van der Waals surface area contributed by atoms with Gasteiger partial charge in [-0.2, -0.15) is 0 Å². The van der Waals surface area contributed by atoms with Gasteiger partial charge in [0.2, 0.25) is 5.91 Å². The number of ether oxygens (including phenoxy) is 1. The van der Waals surface area contributed by atoms with Crippen LogP contribution < -0.4 is 11.1 Å². The number of nitrogens with two attached hydrogens (primary N) is 1. The molecule has 0 radical (unpaired) electrons. The second-order valence-corrected chi connectivity index (χ2v) is 6.15. The van der Waals surface area contributed by atoms with Crippen molar-refractivity contribution >= 4 is 30.7 Å². The minimum Gasteiger partial charge on any atom is -0.364 e. The first-order valence-corrected chi connectivity index (χ1v) is 8.12. The Hall–Kier alpha value is -0.590. The number of rotatable bonds is 10. The van der Waals surface area contributed by atoms with Crippen molar-refractivity contribution in [2.75, 3.05) is 26.2 Å². The Balaban J connectivity index is 0. The summed E-state index contributed by atoms with van der Waals surface area (Å²) in [5.74, 6) is 0.389. The molecule has 0 bridgehead atoms. The standard InChI is InChI=1S/C17H31N3O2.2ClH/c1-5-9-20(10-6-2)15(13(3)4)12-19-17(21)16-8-7-14(11-18)22-16;;/h5-6,13-16H,1-2,7-12,18H2,3-4H3,(H,19,21);2*1H/t14-,15?,16+;;/m1../s1. The summed E-state index contributed by atoms with van der Waals surface area (Å²) in [7, 11) is 0. The lowest BCUT2D eigenvalue weighted by Crippen LogP contribution is -2.49. The van der Waals surface area contributed by atoms with E-state index in [1.807, 2.05) is 12.2 Å². The number of nitrogens with zero attached hydrogens (tertiary/aromatic N) is 1. The van der Waals surface area contributed by atoms with Crippen molar-refractivity contribution in [3.8, 4) is 0 Å². The number of halogens is 2. The van der Waals surface area contributed by atoms with E-state index in [1.54, 1.807) is 0 Å². The summed E-state index contributed by atoms with van der Waals surface area (Å²) in [5.41, 5.74) is 5.58. The quantitative estimate of drug-likeness (QED) is 0.568. The number of carbonyl (C=O) groups excluding carboxylic acids is 1. The maximum absolute atomic E-state index is 12.2. The first kappa shape index (κ1) is 25.6. The molecule has 0 aliphatic carbocycles. The molecule has 0 spiro atoms. The van der Waals surface area contributed by atoms with Crippen LogP contribution in [0.5, 0.6) is 0 Å². The fourth-order valence-electron chi connectivity index (χ4n) is 2.85. The van der Waals surface area contributed by atoms with Gasteiger partial charge >= 0.3 is 0 Å². The Bertz CT molecular complexity index is 371. The molecule has 1 unspecified atom stereocenters.